The van der Waals surface area contributed by atoms with Crippen molar-refractivity contribution in [1.29, 1.82) is 0 Å². The maximum absolute atomic E-state index is 12.6. The van der Waals surface area contributed by atoms with E-state index in [1.54, 1.807) is 25.3 Å². The first-order valence-electron chi connectivity index (χ1n) is 7.56. The molecule has 2 unspecified atom stereocenters. The lowest BCUT2D eigenvalue weighted by molar-refractivity contribution is -0.152. The van der Waals surface area contributed by atoms with Crippen molar-refractivity contribution >= 4 is 40.9 Å². The van der Waals surface area contributed by atoms with Crippen LogP contribution < -0.4 is 10.1 Å². The number of methoxy groups -OCH3 is 1. The van der Waals surface area contributed by atoms with Gasteiger partial charge in [-0.05, 0) is 35.9 Å². The molecular formula is C18H16ClNO4S. The maximum Gasteiger partial charge on any atom is 0.303 e. The summed E-state index contributed by atoms with van der Waals surface area (Å²) < 4.78 is 10.5. The fourth-order valence-electron chi connectivity index (χ4n) is 2.57. The number of amides is 1. The first-order chi connectivity index (χ1) is 12.0. The van der Waals surface area contributed by atoms with Crippen molar-refractivity contribution in [1.82, 2.24) is 0 Å². The smallest absolute Gasteiger partial charge is 0.303 e. The lowest BCUT2D eigenvalue weighted by Crippen LogP contribution is -2.34. The van der Waals surface area contributed by atoms with E-state index in [4.69, 9.17) is 21.1 Å². The highest BCUT2D eigenvalue weighted by Gasteiger charge is 2.37. The van der Waals surface area contributed by atoms with Crippen molar-refractivity contribution in [2.75, 3.05) is 12.4 Å². The number of carbonyl (C=O) groups excluding carboxylic acids is 2. The summed E-state index contributed by atoms with van der Waals surface area (Å²) in [6, 6.07) is 12.6. The second-order valence-electron chi connectivity index (χ2n) is 5.47. The number of hydrogen-bond acceptors (Lipinski definition) is 5. The minimum Gasteiger partial charge on any atom is -0.497 e. The zero-order chi connectivity index (χ0) is 18.0. The molecule has 2 atom stereocenters. The van der Waals surface area contributed by atoms with Gasteiger partial charge in [0.25, 0.3) is 5.91 Å². The molecule has 1 heterocycles. The van der Waals surface area contributed by atoms with E-state index in [0.29, 0.717) is 16.5 Å². The number of esters is 1. The number of benzene rings is 2. The van der Waals surface area contributed by atoms with Gasteiger partial charge in [0.15, 0.2) is 6.10 Å². The molecule has 0 saturated heterocycles. The lowest BCUT2D eigenvalue weighted by Gasteiger charge is -2.23. The molecular weight excluding hydrogens is 362 g/mol. The van der Waals surface area contributed by atoms with Gasteiger partial charge in [0.05, 0.1) is 18.0 Å². The number of hydrogen-bond donors (Lipinski definition) is 1. The number of halogens is 1. The third-order valence-electron chi connectivity index (χ3n) is 3.73. The third kappa shape index (κ3) is 3.91. The molecule has 0 spiro atoms. The first-order valence-corrected chi connectivity index (χ1v) is 8.82. The fraction of sp³-hybridized carbons (Fsp3) is 0.222. The van der Waals surface area contributed by atoms with Crippen molar-refractivity contribution < 1.29 is 19.1 Å². The van der Waals surface area contributed by atoms with E-state index in [0.717, 1.165) is 10.5 Å². The van der Waals surface area contributed by atoms with Crippen molar-refractivity contribution in [3.63, 3.8) is 0 Å². The quantitative estimate of drug-likeness (QED) is 0.817. The molecule has 3 rings (SSSR count). The van der Waals surface area contributed by atoms with Crippen LogP contribution in [0.3, 0.4) is 0 Å². The van der Waals surface area contributed by atoms with Crippen LogP contribution in [0.25, 0.3) is 0 Å². The second kappa shape index (κ2) is 7.37. The van der Waals surface area contributed by atoms with Gasteiger partial charge in [0.2, 0.25) is 0 Å². The molecule has 0 bridgehead atoms. The summed E-state index contributed by atoms with van der Waals surface area (Å²) in [4.78, 5) is 25.0. The second-order valence-corrected chi connectivity index (χ2v) is 7.09. The topological polar surface area (TPSA) is 64.6 Å². The van der Waals surface area contributed by atoms with Gasteiger partial charge in [-0.3, -0.25) is 9.59 Å². The molecule has 0 saturated carbocycles. The highest BCUT2D eigenvalue weighted by Crippen LogP contribution is 2.45. The molecule has 2 aromatic carbocycles. The summed E-state index contributed by atoms with van der Waals surface area (Å²) in [5.74, 6) is -0.174. The molecule has 7 heteroatoms. The van der Waals surface area contributed by atoms with Crippen molar-refractivity contribution in [2.24, 2.45) is 0 Å². The Morgan fingerprint density at radius 2 is 1.92 bits per heavy atom. The molecule has 2 aromatic rings. The van der Waals surface area contributed by atoms with Crippen molar-refractivity contribution in [3.05, 3.63) is 53.1 Å². The Balaban J connectivity index is 2.04. The van der Waals surface area contributed by atoms with Gasteiger partial charge >= 0.3 is 5.97 Å². The zero-order valence-electron chi connectivity index (χ0n) is 13.6. The molecule has 1 N–H and O–H groups in total. The van der Waals surface area contributed by atoms with Crippen LogP contribution in [0, 0.1) is 0 Å². The van der Waals surface area contributed by atoms with Crippen LogP contribution in [0.4, 0.5) is 5.69 Å². The van der Waals surface area contributed by atoms with Gasteiger partial charge in [-0.2, -0.15) is 0 Å². The average Bonchev–Trinajstić information content (AvgIpc) is 2.72. The molecule has 25 heavy (non-hydrogen) atoms. The monoisotopic (exact) mass is 377 g/mol. The highest BCUT2D eigenvalue weighted by molar-refractivity contribution is 7.99. The molecule has 1 aliphatic heterocycles. The molecule has 1 amide bonds. The standard InChI is InChI=1S/C18H16ClNO4S/c1-10(21)24-16-17(11-3-6-13(23-2)7-4-11)25-15-9-12(19)5-8-14(15)20-18(16)22/h3-9,16-17H,1-2H3,(H,20,22). The average molecular weight is 378 g/mol. The predicted octanol–water partition coefficient (Wildman–Crippen LogP) is 4.07. The maximum atomic E-state index is 12.6. The molecule has 5 nitrogen and oxygen atoms in total. The number of fused-ring (bicyclic) bond motifs is 1. The summed E-state index contributed by atoms with van der Waals surface area (Å²) in [5, 5.41) is 2.97. The number of rotatable bonds is 3. The Kier molecular flexibility index (Phi) is 5.20. The van der Waals surface area contributed by atoms with Crippen LogP contribution in [0.1, 0.15) is 17.7 Å². The first kappa shape index (κ1) is 17.6. The lowest BCUT2D eigenvalue weighted by atomic mass is 10.1. The van der Waals surface area contributed by atoms with E-state index in [1.165, 1.54) is 18.7 Å². The van der Waals surface area contributed by atoms with E-state index in [1.807, 2.05) is 24.3 Å². The van der Waals surface area contributed by atoms with Crippen LogP contribution >= 0.6 is 23.4 Å². The summed E-state index contributed by atoms with van der Waals surface area (Å²) >= 11 is 7.52. The molecule has 130 valence electrons. The number of carbonyl (C=O) groups is 2. The van der Waals surface area contributed by atoms with E-state index in [-0.39, 0.29) is 5.91 Å². The summed E-state index contributed by atoms with van der Waals surface area (Å²) in [5.41, 5.74) is 1.49. The van der Waals surface area contributed by atoms with Gasteiger partial charge in [0, 0.05) is 16.8 Å². The molecule has 1 aliphatic rings. The molecule has 0 radical (unpaired) electrons. The Hall–Kier alpha value is -2.18. The van der Waals surface area contributed by atoms with Crippen LogP contribution in [-0.4, -0.2) is 25.1 Å². The third-order valence-corrected chi connectivity index (χ3v) is 5.33. The SMILES string of the molecule is COc1ccc(C2Sc3cc(Cl)ccc3NC(=O)C2OC(C)=O)cc1. The summed E-state index contributed by atoms with van der Waals surface area (Å²) in [6.45, 7) is 1.29. The summed E-state index contributed by atoms with van der Waals surface area (Å²) in [6.07, 6.45) is -0.956. The van der Waals surface area contributed by atoms with Gasteiger partial charge in [-0.25, -0.2) is 0 Å². The molecule has 0 aromatic heterocycles. The minimum atomic E-state index is -0.956. The van der Waals surface area contributed by atoms with Crippen LogP contribution in [0.2, 0.25) is 5.02 Å². The van der Waals surface area contributed by atoms with Crippen molar-refractivity contribution in [3.8, 4) is 5.75 Å². The van der Waals surface area contributed by atoms with Crippen LogP contribution in [-0.2, 0) is 14.3 Å². The number of thioether (sulfide) groups is 1. The van der Waals surface area contributed by atoms with Gasteiger partial charge in [-0.15, -0.1) is 11.8 Å². The number of ether oxygens (including phenoxy) is 2. The predicted molar refractivity (Wildman–Crippen MR) is 97.2 cm³/mol. The number of anilines is 1. The Labute approximate surface area is 154 Å². The highest BCUT2D eigenvalue weighted by atomic mass is 35.5. The van der Waals surface area contributed by atoms with Crippen LogP contribution in [0.15, 0.2) is 47.4 Å². The fourth-order valence-corrected chi connectivity index (χ4v) is 4.11. The van der Waals surface area contributed by atoms with E-state index in [9.17, 15) is 9.59 Å². The molecule has 0 fully saturated rings. The Morgan fingerprint density at radius 3 is 2.56 bits per heavy atom. The van der Waals surface area contributed by atoms with Crippen LogP contribution in [0.5, 0.6) is 5.75 Å². The van der Waals surface area contributed by atoms with Gasteiger partial charge < -0.3 is 14.8 Å². The van der Waals surface area contributed by atoms with Gasteiger partial charge in [0.1, 0.15) is 5.75 Å². The number of nitrogens with one attached hydrogen (secondary N) is 1. The normalized spacial score (nSPS) is 19.4. The van der Waals surface area contributed by atoms with Gasteiger partial charge in [-0.1, -0.05) is 23.7 Å². The minimum absolute atomic E-state index is 0.371. The largest absolute Gasteiger partial charge is 0.497 e. The molecule has 0 aliphatic carbocycles. The van der Waals surface area contributed by atoms with Crippen molar-refractivity contribution in [2.45, 2.75) is 23.2 Å². The summed E-state index contributed by atoms with van der Waals surface area (Å²) in [7, 11) is 1.59. The zero-order valence-corrected chi connectivity index (χ0v) is 15.2. The Morgan fingerprint density at radius 1 is 1.20 bits per heavy atom. The van der Waals surface area contributed by atoms with E-state index >= 15 is 0 Å². The Bertz CT molecular complexity index is 809. The van der Waals surface area contributed by atoms with E-state index < -0.39 is 17.3 Å². The van der Waals surface area contributed by atoms with E-state index in [2.05, 4.69) is 5.32 Å².